The normalized spacial score (nSPS) is 15.1. The van der Waals surface area contributed by atoms with Crippen molar-refractivity contribution in [3.8, 4) is 11.3 Å². The number of amides is 1. The van der Waals surface area contributed by atoms with Crippen molar-refractivity contribution >= 4 is 52.6 Å². The Labute approximate surface area is 220 Å². The lowest BCUT2D eigenvalue weighted by atomic mass is 10.1. The number of hydrogen-bond acceptors (Lipinski definition) is 5. The molecule has 1 aliphatic rings. The number of esters is 1. The van der Waals surface area contributed by atoms with Crippen LogP contribution < -0.4 is 4.90 Å². The molecule has 2 heterocycles. The van der Waals surface area contributed by atoms with Crippen LogP contribution in [-0.4, -0.2) is 35.5 Å². The van der Waals surface area contributed by atoms with Gasteiger partial charge in [-0.3, -0.25) is 14.5 Å². The Balaban J connectivity index is 1.71. The fourth-order valence-corrected chi connectivity index (χ4v) is 4.33. The van der Waals surface area contributed by atoms with Crippen molar-refractivity contribution < 1.29 is 31.9 Å². The highest BCUT2D eigenvalue weighted by Crippen LogP contribution is 2.38. The van der Waals surface area contributed by atoms with Gasteiger partial charge in [0.05, 0.1) is 23.4 Å². The molecule has 0 saturated carbocycles. The quantitative estimate of drug-likeness (QED) is 0.204. The number of anilines is 1. The molecular weight excluding hydrogens is 529 g/mol. The van der Waals surface area contributed by atoms with E-state index in [1.807, 2.05) is 19.1 Å². The molecular formula is C26H20ClF3N2O4S. The Kier molecular flexibility index (Phi) is 7.42. The van der Waals surface area contributed by atoms with Crippen LogP contribution in [-0.2, 0) is 26.9 Å². The van der Waals surface area contributed by atoms with E-state index in [0.717, 1.165) is 24.1 Å². The van der Waals surface area contributed by atoms with E-state index in [-0.39, 0.29) is 34.4 Å². The van der Waals surface area contributed by atoms with Crippen molar-refractivity contribution in [2.75, 3.05) is 18.6 Å². The topological polar surface area (TPSA) is 63.0 Å². The lowest BCUT2D eigenvalue weighted by molar-refractivity contribution is -0.140. The van der Waals surface area contributed by atoms with Gasteiger partial charge in [-0.1, -0.05) is 30.7 Å². The van der Waals surface area contributed by atoms with Crippen LogP contribution in [0.1, 0.15) is 23.8 Å². The van der Waals surface area contributed by atoms with Gasteiger partial charge in [-0.15, -0.1) is 0 Å². The van der Waals surface area contributed by atoms with Crippen LogP contribution in [0.4, 0.5) is 18.9 Å². The van der Waals surface area contributed by atoms with Gasteiger partial charge >= 0.3 is 12.1 Å². The number of halogens is 4. The van der Waals surface area contributed by atoms with Crippen molar-refractivity contribution in [2.24, 2.45) is 0 Å². The highest BCUT2D eigenvalue weighted by atomic mass is 35.5. The number of nitrogens with zero attached hydrogens (tertiary/aromatic N) is 2. The van der Waals surface area contributed by atoms with Crippen molar-refractivity contribution in [3.05, 3.63) is 82.2 Å². The molecule has 0 atom stereocenters. The van der Waals surface area contributed by atoms with Crippen LogP contribution in [0.3, 0.4) is 0 Å². The predicted octanol–water partition coefficient (Wildman–Crippen LogP) is 6.33. The molecule has 0 aliphatic carbocycles. The fraction of sp³-hybridized carbons (Fsp3) is 0.192. The second-order valence-corrected chi connectivity index (χ2v) is 8.80. The standard InChI is InChI=1S/C26H20ClF3N2O4S/c1-3-15-4-7-17(8-5-15)32-24(34)21(31(25(32)37)14-23(33)35-2)13-18-9-11-22(36-18)16-6-10-20(27)19(12-16)26(28,29)30/h4-13H,3,14H2,1-2H3/b21-13-. The first kappa shape index (κ1) is 26.4. The molecule has 0 radical (unpaired) electrons. The first-order chi connectivity index (χ1) is 17.5. The maximum atomic E-state index is 13.4. The summed E-state index contributed by atoms with van der Waals surface area (Å²) in [5.74, 6) is -0.816. The molecule has 0 N–H and O–H groups in total. The van der Waals surface area contributed by atoms with E-state index in [9.17, 15) is 22.8 Å². The molecule has 1 aromatic heterocycles. The molecule has 1 aliphatic heterocycles. The maximum Gasteiger partial charge on any atom is 0.417 e. The zero-order valence-corrected chi connectivity index (χ0v) is 21.2. The number of rotatable bonds is 6. The summed E-state index contributed by atoms with van der Waals surface area (Å²) in [6.07, 6.45) is -2.44. The SMILES string of the molecule is CCc1ccc(N2C(=O)/C(=C/c3ccc(-c4ccc(Cl)c(C(F)(F)F)c4)o3)N(CC(=O)OC)C2=S)cc1. The van der Waals surface area contributed by atoms with Gasteiger partial charge in [0.15, 0.2) is 5.11 Å². The van der Waals surface area contributed by atoms with E-state index in [0.29, 0.717) is 5.69 Å². The molecule has 1 amide bonds. The molecule has 0 spiro atoms. The van der Waals surface area contributed by atoms with Crippen molar-refractivity contribution in [1.82, 2.24) is 4.90 Å². The molecule has 2 aromatic carbocycles. The Morgan fingerprint density at radius 3 is 2.46 bits per heavy atom. The number of furan rings is 1. The average molecular weight is 549 g/mol. The zero-order valence-electron chi connectivity index (χ0n) is 19.6. The number of carbonyl (C=O) groups is 2. The van der Waals surface area contributed by atoms with Gasteiger partial charge in [-0.25, -0.2) is 0 Å². The van der Waals surface area contributed by atoms with Crippen LogP contribution in [0.5, 0.6) is 0 Å². The molecule has 1 saturated heterocycles. The van der Waals surface area contributed by atoms with E-state index in [1.165, 1.54) is 41.2 Å². The summed E-state index contributed by atoms with van der Waals surface area (Å²) < 4.78 is 50.3. The average Bonchev–Trinajstić information content (AvgIpc) is 3.42. The third-order valence-electron chi connectivity index (χ3n) is 5.71. The molecule has 0 unspecified atom stereocenters. The molecule has 192 valence electrons. The highest BCUT2D eigenvalue weighted by Gasteiger charge is 2.40. The molecule has 0 bridgehead atoms. The smallest absolute Gasteiger partial charge is 0.417 e. The summed E-state index contributed by atoms with van der Waals surface area (Å²) >= 11 is 11.2. The van der Waals surface area contributed by atoms with E-state index >= 15 is 0 Å². The second-order valence-electron chi connectivity index (χ2n) is 8.03. The summed E-state index contributed by atoms with van der Waals surface area (Å²) in [4.78, 5) is 28.1. The second kappa shape index (κ2) is 10.4. The summed E-state index contributed by atoms with van der Waals surface area (Å²) in [5, 5.41) is -0.356. The summed E-state index contributed by atoms with van der Waals surface area (Å²) in [7, 11) is 1.22. The summed E-state index contributed by atoms with van der Waals surface area (Å²) in [6.45, 7) is 1.68. The number of methoxy groups -OCH3 is 1. The summed E-state index contributed by atoms with van der Waals surface area (Å²) in [5.41, 5.74) is 0.795. The lowest BCUT2D eigenvalue weighted by Gasteiger charge is -2.19. The van der Waals surface area contributed by atoms with Crippen LogP contribution >= 0.6 is 23.8 Å². The number of benzene rings is 2. The molecule has 4 rings (SSSR count). The minimum Gasteiger partial charge on any atom is -0.468 e. The van der Waals surface area contributed by atoms with Gasteiger partial charge in [0.1, 0.15) is 23.8 Å². The third kappa shape index (κ3) is 5.40. The van der Waals surface area contributed by atoms with E-state index < -0.39 is 28.6 Å². The van der Waals surface area contributed by atoms with Crippen LogP contribution in [0.25, 0.3) is 17.4 Å². The predicted molar refractivity (Wildman–Crippen MR) is 137 cm³/mol. The minimum atomic E-state index is -4.64. The molecule has 11 heteroatoms. The number of carbonyl (C=O) groups excluding carboxylic acids is 2. The Hall–Kier alpha value is -3.63. The monoisotopic (exact) mass is 548 g/mol. The van der Waals surface area contributed by atoms with Gasteiger partial charge in [0.25, 0.3) is 5.91 Å². The molecule has 37 heavy (non-hydrogen) atoms. The van der Waals surface area contributed by atoms with E-state index in [1.54, 1.807) is 12.1 Å². The lowest BCUT2D eigenvalue weighted by Crippen LogP contribution is -2.35. The van der Waals surface area contributed by atoms with Crippen LogP contribution in [0.15, 0.2) is 64.7 Å². The first-order valence-electron chi connectivity index (χ1n) is 11.0. The zero-order chi connectivity index (χ0) is 26.9. The number of hydrogen-bond donors (Lipinski definition) is 0. The molecule has 1 fully saturated rings. The summed E-state index contributed by atoms with van der Waals surface area (Å²) in [6, 6.07) is 13.6. The van der Waals surface area contributed by atoms with E-state index in [2.05, 4.69) is 0 Å². The fourth-order valence-electron chi connectivity index (χ4n) is 3.75. The van der Waals surface area contributed by atoms with Crippen LogP contribution in [0.2, 0.25) is 5.02 Å². The first-order valence-corrected chi connectivity index (χ1v) is 11.8. The van der Waals surface area contributed by atoms with Gasteiger partial charge < -0.3 is 14.1 Å². The number of ether oxygens (including phenoxy) is 1. The van der Waals surface area contributed by atoms with Gasteiger partial charge in [-0.05, 0) is 66.7 Å². The Morgan fingerprint density at radius 2 is 1.84 bits per heavy atom. The Bertz CT molecular complexity index is 1400. The van der Waals surface area contributed by atoms with Gasteiger partial charge in [-0.2, -0.15) is 13.2 Å². The maximum absolute atomic E-state index is 13.4. The highest BCUT2D eigenvalue weighted by molar-refractivity contribution is 7.80. The number of aryl methyl sites for hydroxylation is 1. The van der Waals surface area contributed by atoms with Gasteiger partial charge in [0, 0.05) is 11.6 Å². The molecule has 6 nitrogen and oxygen atoms in total. The van der Waals surface area contributed by atoms with Gasteiger partial charge in [0.2, 0.25) is 0 Å². The van der Waals surface area contributed by atoms with Crippen molar-refractivity contribution in [2.45, 2.75) is 19.5 Å². The largest absolute Gasteiger partial charge is 0.468 e. The third-order valence-corrected chi connectivity index (χ3v) is 6.45. The molecule has 3 aromatic rings. The minimum absolute atomic E-state index is 0.0444. The van der Waals surface area contributed by atoms with Crippen molar-refractivity contribution in [3.63, 3.8) is 0 Å². The number of alkyl halides is 3. The Morgan fingerprint density at radius 1 is 1.14 bits per heavy atom. The number of thiocarbonyl (C=S) groups is 1. The van der Waals surface area contributed by atoms with Crippen molar-refractivity contribution in [1.29, 1.82) is 0 Å². The van der Waals surface area contributed by atoms with E-state index in [4.69, 9.17) is 33.0 Å². The van der Waals surface area contributed by atoms with Crippen LogP contribution in [0, 0.1) is 0 Å².